The average molecular weight is 429 g/mol. The molecule has 0 amide bonds. The Balaban J connectivity index is 1.48. The van der Waals surface area contributed by atoms with Crippen molar-refractivity contribution in [3.05, 3.63) is 137 Å². The van der Waals surface area contributed by atoms with E-state index in [1.54, 1.807) is 0 Å². The van der Waals surface area contributed by atoms with Crippen molar-refractivity contribution in [1.29, 1.82) is 0 Å². The maximum atomic E-state index is 2.63. The topological polar surface area (TPSA) is 0 Å². The number of hydrogen-bond acceptors (Lipinski definition) is 0. The summed E-state index contributed by atoms with van der Waals surface area (Å²) >= 11 is 0. The summed E-state index contributed by atoms with van der Waals surface area (Å²) in [5.74, 6) is 0. The van der Waals surface area contributed by atoms with E-state index >= 15 is 0 Å². The fourth-order valence-corrected chi connectivity index (χ4v) is 10.3. The lowest BCUT2D eigenvalue weighted by atomic mass is 9.99. The van der Waals surface area contributed by atoms with Gasteiger partial charge in [-0.1, -0.05) is 122 Å². The molecule has 0 N–H and O–H groups in total. The molecule has 156 valence electrons. The molecule has 6 rings (SSSR count). The van der Waals surface area contributed by atoms with Gasteiger partial charge in [-0.25, -0.2) is 0 Å². The molecule has 1 heteroatoms. The zero-order valence-electron chi connectivity index (χ0n) is 18.8. The first kappa shape index (κ1) is 19.5. The van der Waals surface area contributed by atoms with E-state index in [-0.39, 0.29) is 0 Å². The van der Waals surface area contributed by atoms with Crippen LogP contribution < -0.4 is 0 Å². The van der Waals surface area contributed by atoms with Crippen molar-refractivity contribution in [3.8, 4) is 11.1 Å². The second-order valence-electron chi connectivity index (χ2n) is 9.85. The third-order valence-corrected chi connectivity index (χ3v) is 11.8. The van der Waals surface area contributed by atoms with Crippen molar-refractivity contribution >= 4 is 13.6 Å². The van der Waals surface area contributed by atoms with Gasteiger partial charge in [0, 0.05) is 5.54 Å². The molecule has 32 heavy (non-hydrogen) atoms. The molecule has 2 aliphatic carbocycles. The molecule has 0 radical (unpaired) electrons. The summed E-state index contributed by atoms with van der Waals surface area (Å²) < 4.78 is 0. The average Bonchev–Trinajstić information content (AvgIpc) is 3.37. The van der Waals surface area contributed by atoms with Crippen LogP contribution in [0.15, 0.2) is 109 Å². The Hall–Kier alpha value is -3.16. The number of hydrogen-bond donors (Lipinski definition) is 0. The molecule has 0 saturated carbocycles. The van der Waals surface area contributed by atoms with Crippen LogP contribution in [0.1, 0.15) is 38.9 Å². The van der Waals surface area contributed by atoms with Gasteiger partial charge < -0.3 is 0 Å². The number of benzene rings is 4. The zero-order valence-corrected chi connectivity index (χ0v) is 19.8. The molecule has 4 aromatic rings. The zero-order chi connectivity index (χ0) is 21.7. The van der Waals surface area contributed by atoms with Gasteiger partial charge in [-0.05, 0) is 56.5 Å². The van der Waals surface area contributed by atoms with Gasteiger partial charge in [0.15, 0.2) is 0 Å². The third kappa shape index (κ3) is 2.96. The number of allylic oxidation sites excluding steroid dienone is 2. The first-order chi connectivity index (χ1) is 15.6. The molecule has 2 aliphatic rings. The lowest BCUT2D eigenvalue weighted by molar-refractivity contribution is 1.03. The Morgan fingerprint density at radius 2 is 1.06 bits per heavy atom. The Morgan fingerprint density at radius 1 is 0.562 bits per heavy atom. The summed E-state index contributed by atoms with van der Waals surface area (Å²) in [6, 6.07) is 38.3. The van der Waals surface area contributed by atoms with Crippen LogP contribution in [-0.4, -0.2) is 8.07 Å². The minimum Gasteiger partial charge on any atom is -0.0755 e. The Morgan fingerprint density at radius 3 is 1.69 bits per heavy atom. The molecule has 4 aromatic carbocycles. The van der Waals surface area contributed by atoms with Crippen LogP contribution in [0.3, 0.4) is 0 Å². The molecular weight excluding hydrogens is 400 g/mol. The molecule has 0 saturated heterocycles. The van der Waals surface area contributed by atoms with E-state index in [0.29, 0.717) is 11.1 Å². The summed E-state index contributed by atoms with van der Waals surface area (Å²) in [6.07, 6.45) is 3.64. The highest BCUT2D eigenvalue weighted by Crippen LogP contribution is 2.54. The number of rotatable bonds is 4. The second kappa shape index (κ2) is 7.46. The fraction of sp³-hybridized carbons (Fsp3) is 0.161. The predicted molar refractivity (Wildman–Crippen MR) is 139 cm³/mol. The molecule has 0 aromatic heterocycles. The van der Waals surface area contributed by atoms with Gasteiger partial charge in [0.2, 0.25) is 0 Å². The van der Waals surface area contributed by atoms with E-state index < -0.39 is 8.07 Å². The van der Waals surface area contributed by atoms with Gasteiger partial charge in [0.1, 0.15) is 0 Å². The van der Waals surface area contributed by atoms with Gasteiger partial charge in [-0.2, -0.15) is 0 Å². The quantitative estimate of drug-likeness (QED) is 0.289. The maximum absolute atomic E-state index is 2.63. The molecule has 0 heterocycles. The summed E-state index contributed by atoms with van der Waals surface area (Å²) in [6.45, 7) is 5.22. The van der Waals surface area contributed by atoms with Crippen molar-refractivity contribution in [2.45, 2.75) is 30.6 Å². The van der Waals surface area contributed by atoms with Crippen molar-refractivity contribution in [3.63, 3.8) is 0 Å². The van der Waals surface area contributed by atoms with E-state index in [1.165, 1.54) is 44.5 Å². The first-order valence-corrected chi connectivity index (χ1v) is 14.8. The van der Waals surface area contributed by atoms with E-state index in [1.807, 2.05) is 0 Å². The minimum atomic E-state index is -1.83. The summed E-state index contributed by atoms with van der Waals surface area (Å²) in [5, 5.41) is 0. The van der Waals surface area contributed by atoms with Gasteiger partial charge in [-0.3, -0.25) is 0 Å². The van der Waals surface area contributed by atoms with Gasteiger partial charge >= 0.3 is 0 Å². The second-order valence-corrected chi connectivity index (χ2v) is 14.7. The van der Waals surface area contributed by atoms with Gasteiger partial charge in [0.25, 0.3) is 0 Å². The fourth-order valence-electron chi connectivity index (χ4n) is 6.16. The van der Waals surface area contributed by atoms with E-state index in [4.69, 9.17) is 0 Å². The van der Waals surface area contributed by atoms with Crippen LogP contribution in [0.5, 0.6) is 0 Å². The molecule has 0 fully saturated rings. The van der Waals surface area contributed by atoms with E-state index in [9.17, 15) is 0 Å². The highest BCUT2D eigenvalue weighted by atomic mass is 28.3. The maximum Gasteiger partial charge on any atom is 0.0723 e. The monoisotopic (exact) mass is 428 g/mol. The Bertz CT molecular complexity index is 1280. The van der Waals surface area contributed by atoms with Crippen LogP contribution >= 0.6 is 0 Å². The lowest BCUT2D eigenvalue weighted by Gasteiger charge is -2.36. The van der Waals surface area contributed by atoms with E-state index in [0.717, 1.165) is 6.42 Å². The van der Waals surface area contributed by atoms with Gasteiger partial charge in [-0.15, -0.1) is 0 Å². The highest BCUT2D eigenvalue weighted by molar-refractivity contribution is 6.81. The van der Waals surface area contributed by atoms with Crippen molar-refractivity contribution in [2.24, 2.45) is 0 Å². The standard InChI is InChI=1S/C31H28Si/c1-32(2,31-28-18-10-7-15-25(28)26-16-8-11-19-29(26)31)30-21-23(20-22-12-4-3-5-13-22)24-14-6-9-17-27(24)30/h3-19,21,30-31H,20H2,1-2H3. The predicted octanol–water partition coefficient (Wildman–Crippen LogP) is 8.01. The molecule has 0 bridgehead atoms. The van der Waals surface area contributed by atoms with E-state index in [2.05, 4.69) is 122 Å². The molecule has 1 unspecified atom stereocenters. The van der Waals surface area contributed by atoms with Crippen molar-refractivity contribution in [1.82, 2.24) is 0 Å². The van der Waals surface area contributed by atoms with Crippen molar-refractivity contribution in [2.75, 3.05) is 0 Å². The van der Waals surface area contributed by atoms with Crippen molar-refractivity contribution < 1.29 is 0 Å². The first-order valence-electron chi connectivity index (χ1n) is 11.7. The normalized spacial score (nSPS) is 16.9. The molecule has 0 nitrogen and oxygen atoms in total. The summed E-state index contributed by atoms with van der Waals surface area (Å²) in [5.41, 5.74) is 12.9. The van der Waals surface area contributed by atoms with Crippen LogP contribution in [0.25, 0.3) is 16.7 Å². The Labute approximate surface area is 192 Å². The molecule has 0 spiro atoms. The summed E-state index contributed by atoms with van der Waals surface area (Å²) in [4.78, 5) is 0. The van der Waals surface area contributed by atoms with Crippen LogP contribution in [-0.2, 0) is 6.42 Å². The molecule has 0 aliphatic heterocycles. The SMILES string of the molecule is C[Si](C)(C1C=C(Cc2ccccc2)c2ccccc21)C1c2ccccc2-c2ccccc21. The minimum absolute atomic E-state index is 0.514. The Kier molecular flexibility index (Phi) is 4.55. The van der Waals surface area contributed by atoms with Crippen LogP contribution in [0.2, 0.25) is 13.1 Å². The number of fused-ring (bicyclic) bond motifs is 4. The lowest BCUT2D eigenvalue weighted by Crippen LogP contribution is -2.41. The third-order valence-electron chi connectivity index (χ3n) is 7.63. The largest absolute Gasteiger partial charge is 0.0755 e. The highest BCUT2D eigenvalue weighted by Gasteiger charge is 2.47. The van der Waals surface area contributed by atoms with Crippen LogP contribution in [0, 0.1) is 0 Å². The smallest absolute Gasteiger partial charge is 0.0723 e. The summed E-state index contributed by atoms with van der Waals surface area (Å²) in [7, 11) is -1.83. The van der Waals surface area contributed by atoms with Crippen LogP contribution in [0.4, 0.5) is 0 Å². The molecule has 1 atom stereocenters. The van der Waals surface area contributed by atoms with Gasteiger partial charge in [0.05, 0.1) is 8.07 Å². The molecular formula is C31H28Si.